The zero-order valence-electron chi connectivity index (χ0n) is 19.7. The summed E-state index contributed by atoms with van der Waals surface area (Å²) in [6.45, 7) is 5.31. The quantitative estimate of drug-likeness (QED) is 0.717. The first-order valence-electron chi connectivity index (χ1n) is 12.5. The van der Waals surface area contributed by atoms with Gasteiger partial charge in [0.2, 0.25) is 5.91 Å². The van der Waals surface area contributed by atoms with Crippen molar-refractivity contribution in [3.63, 3.8) is 0 Å². The molecule has 0 saturated carbocycles. The zero-order valence-corrected chi connectivity index (χ0v) is 19.7. The van der Waals surface area contributed by atoms with Gasteiger partial charge in [-0.1, -0.05) is 54.6 Å². The van der Waals surface area contributed by atoms with Crippen LogP contribution in [0, 0.1) is 5.92 Å². The smallest absolute Gasteiger partial charge is 0.321 e. The molecule has 6 heteroatoms. The first-order valence-corrected chi connectivity index (χ1v) is 12.5. The lowest BCUT2D eigenvalue weighted by Gasteiger charge is -2.47. The van der Waals surface area contributed by atoms with Crippen LogP contribution in [0.4, 0.5) is 10.5 Å². The summed E-state index contributed by atoms with van der Waals surface area (Å²) in [6.07, 6.45) is 8.24. The van der Waals surface area contributed by atoms with E-state index in [-0.39, 0.29) is 11.9 Å². The van der Waals surface area contributed by atoms with Crippen LogP contribution in [-0.2, 0) is 11.2 Å². The number of nitrogens with zero attached hydrogens (tertiary/aromatic N) is 3. The molecular weight excluding hydrogens is 424 g/mol. The molecule has 0 unspecified atom stereocenters. The predicted octanol–water partition coefficient (Wildman–Crippen LogP) is 3.79. The van der Waals surface area contributed by atoms with Gasteiger partial charge in [-0.05, 0) is 48.4 Å². The number of amides is 3. The molecule has 1 N–H and O–H groups in total. The Morgan fingerprint density at radius 2 is 1.82 bits per heavy atom. The summed E-state index contributed by atoms with van der Waals surface area (Å²) >= 11 is 0. The van der Waals surface area contributed by atoms with Crippen molar-refractivity contribution in [1.29, 1.82) is 0 Å². The summed E-state index contributed by atoms with van der Waals surface area (Å²) in [5.41, 5.74) is 3.14. The number of hydrogen-bond acceptors (Lipinski definition) is 3. The largest absolute Gasteiger partial charge is 0.339 e. The number of likely N-dealkylation sites (tertiary alicyclic amines) is 2. The van der Waals surface area contributed by atoms with E-state index in [0.717, 1.165) is 50.3 Å². The van der Waals surface area contributed by atoms with Gasteiger partial charge in [-0.2, -0.15) is 0 Å². The number of benzene rings is 2. The third kappa shape index (κ3) is 5.17. The molecule has 2 aromatic rings. The maximum absolute atomic E-state index is 13.3. The highest BCUT2D eigenvalue weighted by atomic mass is 16.2. The molecule has 2 atom stereocenters. The normalized spacial score (nSPS) is 23.2. The maximum Gasteiger partial charge on any atom is 0.321 e. The number of nitrogens with one attached hydrogen (secondary N) is 1. The fourth-order valence-electron chi connectivity index (χ4n) is 5.64. The van der Waals surface area contributed by atoms with E-state index in [1.54, 1.807) is 4.90 Å². The SMILES string of the molecule is O=C1NCCN1c1ccc(CC(=O)N2CCC[C@@H]3CN(C/C=C/c4ccccc4)CC[C@H]32)cc1. The lowest BCUT2D eigenvalue weighted by molar-refractivity contribution is -0.137. The molecule has 2 aromatic carbocycles. The zero-order chi connectivity index (χ0) is 23.3. The Morgan fingerprint density at radius 3 is 2.59 bits per heavy atom. The van der Waals surface area contributed by atoms with Gasteiger partial charge in [0.1, 0.15) is 0 Å². The van der Waals surface area contributed by atoms with Crippen molar-refractivity contribution in [2.24, 2.45) is 5.92 Å². The number of carbonyl (C=O) groups excluding carboxylic acids is 2. The van der Waals surface area contributed by atoms with Gasteiger partial charge in [0.05, 0.1) is 6.42 Å². The summed E-state index contributed by atoms with van der Waals surface area (Å²) in [5, 5.41) is 2.83. The van der Waals surface area contributed by atoms with Crippen LogP contribution in [0.3, 0.4) is 0 Å². The van der Waals surface area contributed by atoms with Crippen molar-refractivity contribution in [2.45, 2.75) is 31.7 Å². The van der Waals surface area contributed by atoms with Gasteiger partial charge in [-0.3, -0.25) is 14.6 Å². The molecule has 178 valence electrons. The van der Waals surface area contributed by atoms with E-state index in [2.05, 4.69) is 51.5 Å². The van der Waals surface area contributed by atoms with Gasteiger partial charge >= 0.3 is 6.03 Å². The lowest BCUT2D eigenvalue weighted by Crippen LogP contribution is -2.56. The number of carbonyl (C=O) groups is 2. The summed E-state index contributed by atoms with van der Waals surface area (Å²) in [5.74, 6) is 0.798. The van der Waals surface area contributed by atoms with E-state index >= 15 is 0 Å². The van der Waals surface area contributed by atoms with E-state index in [4.69, 9.17) is 0 Å². The van der Waals surface area contributed by atoms with Crippen LogP contribution in [0.1, 0.15) is 30.4 Å². The van der Waals surface area contributed by atoms with E-state index in [9.17, 15) is 9.59 Å². The van der Waals surface area contributed by atoms with Crippen LogP contribution in [0.15, 0.2) is 60.7 Å². The van der Waals surface area contributed by atoms with Crippen LogP contribution in [0.25, 0.3) is 6.08 Å². The summed E-state index contributed by atoms with van der Waals surface area (Å²) < 4.78 is 0. The van der Waals surface area contributed by atoms with E-state index in [1.807, 2.05) is 30.3 Å². The average Bonchev–Trinajstić information content (AvgIpc) is 3.30. The van der Waals surface area contributed by atoms with E-state index in [1.165, 1.54) is 12.0 Å². The number of rotatable bonds is 6. The first kappa shape index (κ1) is 22.7. The Balaban J connectivity index is 1.15. The number of anilines is 1. The second kappa shape index (κ2) is 10.4. The second-order valence-electron chi connectivity index (χ2n) is 9.64. The molecule has 3 heterocycles. The second-order valence-corrected chi connectivity index (χ2v) is 9.64. The third-order valence-corrected chi connectivity index (χ3v) is 7.41. The molecule has 0 aliphatic carbocycles. The molecule has 3 saturated heterocycles. The van der Waals surface area contributed by atoms with Gasteiger partial charge in [0.15, 0.2) is 0 Å². The Morgan fingerprint density at radius 1 is 1.00 bits per heavy atom. The van der Waals surface area contributed by atoms with Crippen LogP contribution in [0.2, 0.25) is 0 Å². The van der Waals surface area contributed by atoms with Crippen molar-refractivity contribution in [3.05, 3.63) is 71.8 Å². The Kier molecular flexibility index (Phi) is 6.95. The lowest BCUT2D eigenvalue weighted by atomic mass is 9.83. The third-order valence-electron chi connectivity index (χ3n) is 7.41. The van der Waals surface area contributed by atoms with E-state index in [0.29, 0.717) is 31.5 Å². The molecule has 3 fully saturated rings. The molecule has 5 rings (SSSR count). The van der Waals surface area contributed by atoms with Gasteiger partial charge in [-0.15, -0.1) is 0 Å². The van der Waals surface area contributed by atoms with Crippen LogP contribution in [-0.4, -0.2) is 67.0 Å². The Bertz CT molecular complexity index is 1020. The van der Waals surface area contributed by atoms with Crippen LogP contribution < -0.4 is 10.2 Å². The molecule has 6 nitrogen and oxygen atoms in total. The number of urea groups is 1. The van der Waals surface area contributed by atoms with Gasteiger partial charge in [0.25, 0.3) is 0 Å². The molecule has 3 amide bonds. The van der Waals surface area contributed by atoms with Gasteiger partial charge in [0, 0.05) is 51.0 Å². The molecule has 0 spiro atoms. The number of piperidine rings is 2. The topological polar surface area (TPSA) is 55.9 Å². The minimum Gasteiger partial charge on any atom is -0.339 e. The fourth-order valence-corrected chi connectivity index (χ4v) is 5.64. The van der Waals surface area contributed by atoms with Crippen molar-refractivity contribution in [2.75, 3.05) is 44.2 Å². The molecule has 0 aromatic heterocycles. The van der Waals surface area contributed by atoms with Crippen molar-refractivity contribution in [1.82, 2.24) is 15.1 Å². The summed E-state index contributed by atoms with van der Waals surface area (Å²) in [6, 6.07) is 18.6. The monoisotopic (exact) mass is 458 g/mol. The predicted molar refractivity (Wildman–Crippen MR) is 136 cm³/mol. The van der Waals surface area contributed by atoms with Crippen LogP contribution >= 0.6 is 0 Å². The molecule has 0 bridgehead atoms. The number of hydrogen-bond donors (Lipinski definition) is 1. The van der Waals surface area contributed by atoms with Crippen molar-refractivity contribution < 1.29 is 9.59 Å². The van der Waals surface area contributed by atoms with E-state index < -0.39 is 0 Å². The number of fused-ring (bicyclic) bond motifs is 1. The molecular formula is C28H34N4O2. The minimum absolute atomic E-state index is 0.0508. The van der Waals surface area contributed by atoms with Gasteiger partial charge < -0.3 is 10.2 Å². The first-order chi connectivity index (χ1) is 16.7. The standard InChI is InChI=1S/C28H34N4O2/c33-27(20-23-10-12-25(13-11-23)31-19-15-29-28(31)34)32-17-5-9-24-21-30(18-14-26(24)32)16-4-8-22-6-2-1-3-7-22/h1-4,6-8,10-13,24,26H,5,9,14-21H2,(H,29,34)/b8-4+/t24-,26-/m1/s1. The van der Waals surface area contributed by atoms with Crippen molar-refractivity contribution in [3.8, 4) is 0 Å². The molecule has 3 aliphatic rings. The Hall–Kier alpha value is -3.12. The van der Waals surface area contributed by atoms with Crippen molar-refractivity contribution >= 4 is 23.7 Å². The maximum atomic E-state index is 13.3. The average molecular weight is 459 g/mol. The molecule has 3 aliphatic heterocycles. The summed E-state index contributed by atoms with van der Waals surface area (Å²) in [7, 11) is 0. The highest BCUT2D eigenvalue weighted by molar-refractivity contribution is 5.94. The highest BCUT2D eigenvalue weighted by Gasteiger charge is 2.37. The summed E-state index contributed by atoms with van der Waals surface area (Å²) in [4.78, 5) is 31.6. The Labute approximate surface area is 202 Å². The minimum atomic E-state index is -0.0508. The fraction of sp³-hybridized carbons (Fsp3) is 0.429. The highest BCUT2D eigenvalue weighted by Crippen LogP contribution is 2.31. The van der Waals surface area contributed by atoms with Crippen LogP contribution in [0.5, 0.6) is 0 Å². The molecule has 34 heavy (non-hydrogen) atoms. The van der Waals surface area contributed by atoms with Gasteiger partial charge in [-0.25, -0.2) is 4.79 Å². The molecule has 0 radical (unpaired) electrons.